The van der Waals surface area contributed by atoms with Gasteiger partial charge in [0.25, 0.3) is 5.82 Å². The summed E-state index contributed by atoms with van der Waals surface area (Å²) in [6, 6.07) is 7.51. The number of benzene rings is 1. The van der Waals surface area contributed by atoms with Gasteiger partial charge in [0, 0.05) is 10.2 Å². The van der Waals surface area contributed by atoms with E-state index in [1.807, 2.05) is 24.3 Å². The van der Waals surface area contributed by atoms with Crippen molar-refractivity contribution in [2.45, 2.75) is 0 Å². The van der Waals surface area contributed by atoms with E-state index >= 15 is 0 Å². The summed E-state index contributed by atoms with van der Waals surface area (Å²) in [5.41, 5.74) is 0.834. The smallest absolute Gasteiger partial charge is 0.378 e. The predicted molar refractivity (Wildman–Crippen MR) is 65.1 cm³/mol. The molecule has 17 heavy (non-hydrogen) atoms. The largest absolute Gasteiger partial charge is 0.463 e. The van der Waals surface area contributed by atoms with E-state index in [-0.39, 0.29) is 5.82 Å². The maximum absolute atomic E-state index is 11.1. The topological polar surface area (TPSA) is 79.9 Å². The summed E-state index contributed by atoms with van der Waals surface area (Å²) in [6.45, 7) is 0. The number of H-pyrrole nitrogens is 1. The Labute approximate surface area is 106 Å². The van der Waals surface area contributed by atoms with Gasteiger partial charge >= 0.3 is 5.97 Å². The first kappa shape index (κ1) is 11.6. The Balaban J connectivity index is 2.11. The third-order valence-corrected chi connectivity index (χ3v) is 2.49. The molecule has 1 aromatic heterocycles. The third-order valence-electron chi connectivity index (χ3n) is 1.96. The number of ether oxygens (including phenoxy) is 1. The van der Waals surface area contributed by atoms with Gasteiger partial charge in [-0.3, -0.25) is 0 Å². The monoisotopic (exact) mass is 296 g/mol. The number of methoxy groups -OCH3 is 1. The van der Waals surface area contributed by atoms with Crippen LogP contribution in [0.5, 0.6) is 0 Å². The Kier molecular flexibility index (Phi) is 3.38. The standard InChI is InChI=1S/C10H9BrN4O2/c1-17-9(16)8-13-10(15-14-8)12-7-4-2-6(11)3-5-7/h2-5H,1H3,(H2,12,13,14,15). The first-order valence-electron chi connectivity index (χ1n) is 4.72. The summed E-state index contributed by atoms with van der Waals surface area (Å²) < 4.78 is 5.48. The summed E-state index contributed by atoms with van der Waals surface area (Å²) in [5, 5.41) is 9.29. The molecule has 0 unspecified atom stereocenters. The van der Waals surface area contributed by atoms with E-state index in [1.54, 1.807) is 0 Å². The molecule has 88 valence electrons. The molecular weight excluding hydrogens is 288 g/mol. The van der Waals surface area contributed by atoms with E-state index in [0.29, 0.717) is 5.95 Å². The Bertz CT molecular complexity index is 523. The molecule has 1 aromatic carbocycles. The Morgan fingerprint density at radius 1 is 1.41 bits per heavy atom. The number of nitrogens with one attached hydrogen (secondary N) is 2. The number of carbonyl (C=O) groups excluding carboxylic acids is 1. The molecule has 1 heterocycles. The van der Waals surface area contributed by atoms with Gasteiger partial charge in [0.05, 0.1) is 7.11 Å². The molecule has 0 bridgehead atoms. The number of nitrogens with zero attached hydrogens (tertiary/aromatic N) is 2. The lowest BCUT2D eigenvalue weighted by Crippen LogP contribution is -2.03. The zero-order valence-electron chi connectivity index (χ0n) is 8.90. The lowest BCUT2D eigenvalue weighted by Gasteiger charge is -2.01. The Hall–Kier alpha value is -1.89. The van der Waals surface area contributed by atoms with Crippen molar-refractivity contribution in [1.29, 1.82) is 0 Å². The van der Waals surface area contributed by atoms with Gasteiger partial charge in [-0.25, -0.2) is 9.89 Å². The maximum atomic E-state index is 11.1. The molecule has 0 aliphatic rings. The highest BCUT2D eigenvalue weighted by Crippen LogP contribution is 2.16. The van der Waals surface area contributed by atoms with Gasteiger partial charge in [-0.15, -0.1) is 5.10 Å². The molecule has 0 spiro atoms. The third kappa shape index (κ3) is 2.82. The molecule has 0 aliphatic heterocycles. The van der Waals surface area contributed by atoms with Gasteiger partial charge in [-0.1, -0.05) is 15.9 Å². The van der Waals surface area contributed by atoms with Crippen molar-refractivity contribution >= 4 is 33.5 Å². The van der Waals surface area contributed by atoms with Gasteiger partial charge in [-0.2, -0.15) is 4.98 Å². The van der Waals surface area contributed by atoms with Crippen LogP contribution < -0.4 is 5.32 Å². The molecule has 7 heteroatoms. The minimum Gasteiger partial charge on any atom is -0.463 e. The molecule has 2 N–H and O–H groups in total. The fraction of sp³-hybridized carbons (Fsp3) is 0.100. The van der Waals surface area contributed by atoms with E-state index in [2.05, 4.69) is 41.2 Å². The van der Waals surface area contributed by atoms with Crippen molar-refractivity contribution < 1.29 is 9.53 Å². The number of hydrogen-bond donors (Lipinski definition) is 2. The van der Waals surface area contributed by atoms with Crippen molar-refractivity contribution in [3.05, 3.63) is 34.6 Å². The number of halogens is 1. The first-order valence-corrected chi connectivity index (χ1v) is 5.51. The molecular formula is C10H9BrN4O2. The quantitative estimate of drug-likeness (QED) is 0.848. The van der Waals surface area contributed by atoms with Crippen LogP contribution in [0.1, 0.15) is 10.6 Å². The number of aromatic amines is 1. The second kappa shape index (κ2) is 4.96. The van der Waals surface area contributed by atoms with Gasteiger partial charge in [-0.05, 0) is 24.3 Å². The molecule has 0 saturated carbocycles. The zero-order chi connectivity index (χ0) is 12.3. The van der Waals surface area contributed by atoms with Crippen LogP contribution in [0.2, 0.25) is 0 Å². The molecule has 0 atom stereocenters. The van der Waals surface area contributed by atoms with Crippen LogP contribution in [-0.2, 0) is 4.74 Å². The van der Waals surface area contributed by atoms with Crippen LogP contribution in [0.3, 0.4) is 0 Å². The molecule has 2 rings (SSSR count). The SMILES string of the molecule is COC(=O)c1n[nH]c(Nc2ccc(Br)cc2)n1. The minimum absolute atomic E-state index is 0.00730. The number of esters is 1. The lowest BCUT2D eigenvalue weighted by atomic mass is 10.3. The average Bonchev–Trinajstić information content (AvgIpc) is 2.80. The molecule has 0 fully saturated rings. The van der Waals surface area contributed by atoms with E-state index in [4.69, 9.17) is 0 Å². The van der Waals surface area contributed by atoms with Crippen LogP contribution in [0.4, 0.5) is 11.6 Å². The highest BCUT2D eigenvalue weighted by Gasteiger charge is 2.12. The lowest BCUT2D eigenvalue weighted by molar-refractivity contribution is 0.0587. The molecule has 0 saturated heterocycles. The van der Waals surface area contributed by atoms with Crippen LogP contribution >= 0.6 is 15.9 Å². The van der Waals surface area contributed by atoms with Crippen LogP contribution in [-0.4, -0.2) is 28.3 Å². The number of hydrogen-bond acceptors (Lipinski definition) is 5. The van der Waals surface area contributed by atoms with Gasteiger partial charge in [0.2, 0.25) is 5.95 Å². The highest BCUT2D eigenvalue weighted by atomic mass is 79.9. The maximum Gasteiger partial charge on any atom is 0.378 e. The van der Waals surface area contributed by atoms with Crippen LogP contribution in [0.25, 0.3) is 0 Å². The highest BCUT2D eigenvalue weighted by molar-refractivity contribution is 9.10. The number of carbonyl (C=O) groups is 1. The van der Waals surface area contributed by atoms with Gasteiger partial charge in [0.15, 0.2) is 0 Å². The summed E-state index contributed by atoms with van der Waals surface area (Å²) in [5.74, 6) is -0.204. The van der Waals surface area contributed by atoms with E-state index in [1.165, 1.54) is 7.11 Å². The van der Waals surface area contributed by atoms with Crippen molar-refractivity contribution in [2.75, 3.05) is 12.4 Å². The van der Waals surface area contributed by atoms with Gasteiger partial charge < -0.3 is 10.1 Å². The molecule has 0 aliphatic carbocycles. The Morgan fingerprint density at radius 2 is 2.12 bits per heavy atom. The van der Waals surface area contributed by atoms with Crippen LogP contribution in [0.15, 0.2) is 28.7 Å². The fourth-order valence-electron chi connectivity index (χ4n) is 1.17. The number of anilines is 2. The fourth-order valence-corrected chi connectivity index (χ4v) is 1.43. The zero-order valence-corrected chi connectivity index (χ0v) is 10.5. The van der Waals surface area contributed by atoms with Crippen LogP contribution in [0, 0.1) is 0 Å². The molecule has 0 amide bonds. The Morgan fingerprint density at radius 3 is 2.76 bits per heavy atom. The second-order valence-electron chi connectivity index (χ2n) is 3.13. The van der Waals surface area contributed by atoms with Gasteiger partial charge in [0.1, 0.15) is 0 Å². The molecule has 0 radical (unpaired) electrons. The van der Waals surface area contributed by atoms with Crippen molar-refractivity contribution in [3.63, 3.8) is 0 Å². The summed E-state index contributed by atoms with van der Waals surface area (Å²) in [6.07, 6.45) is 0. The van der Waals surface area contributed by atoms with Crippen molar-refractivity contribution in [1.82, 2.24) is 15.2 Å². The van der Waals surface area contributed by atoms with Crippen molar-refractivity contribution in [3.8, 4) is 0 Å². The van der Waals surface area contributed by atoms with E-state index in [0.717, 1.165) is 10.2 Å². The van der Waals surface area contributed by atoms with E-state index in [9.17, 15) is 4.79 Å². The predicted octanol–water partition coefficient (Wildman–Crippen LogP) is 2.10. The summed E-state index contributed by atoms with van der Waals surface area (Å²) >= 11 is 3.34. The summed E-state index contributed by atoms with van der Waals surface area (Å²) in [4.78, 5) is 15.1. The summed E-state index contributed by atoms with van der Waals surface area (Å²) in [7, 11) is 1.28. The average molecular weight is 297 g/mol. The van der Waals surface area contributed by atoms with Crippen molar-refractivity contribution in [2.24, 2.45) is 0 Å². The van der Waals surface area contributed by atoms with E-state index < -0.39 is 5.97 Å². The minimum atomic E-state index is -0.579. The normalized spacial score (nSPS) is 10.0. The number of aromatic nitrogens is 3. The number of rotatable bonds is 3. The first-order chi connectivity index (χ1) is 8.19. The molecule has 6 nitrogen and oxygen atoms in total. The molecule has 2 aromatic rings. The second-order valence-corrected chi connectivity index (χ2v) is 4.05.